The number of benzene rings is 1. The fourth-order valence-corrected chi connectivity index (χ4v) is 5.65. The van der Waals surface area contributed by atoms with Crippen LogP contribution in [0.15, 0.2) is 29.1 Å². The number of rotatable bonds is 7. The lowest BCUT2D eigenvalue weighted by Crippen LogP contribution is -2.34. The van der Waals surface area contributed by atoms with Crippen molar-refractivity contribution in [3.05, 3.63) is 56.4 Å². The van der Waals surface area contributed by atoms with Gasteiger partial charge in [-0.15, -0.1) is 11.3 Å². The van der Waals surface area contributed by atoms with Gasteiger partial charge in [-0.25, -0.2) is 4.98 Å². The van der Waals surface area contributed by atoms with Gasteiger partial charge in [0.05, 0.1) is 23.2 Å². The first-order chi connectivity index (χ1) is 16.2. The predicted octanol–water partition coefficient (Wildman–Crippen LogP) is 4.84. The summed E-state index contributed by atoms with van der Waals surface area (Å²) >= 11 is 1.54. The standard InChI is InChI=1S/C24H27F3N4O2S/c1-3-30(4-2)13-19-29-22-21(15-9-5-8-12-18(15)34-22)23(33)31(19)14-20(32)28-17-11-7-6-10-16(17)24(25,26)27/h6-7,10-11H,3-5,8-9,12-14H2,1-2H3,(H,28,32). The number of nitrogens with one attached hydrogen (secondary N) is 1. The third-order valence-electron chi connectivity index (χ3n) is 6.22. The monoisotopic (exact) mass is 492 g/mol. The minimum Gasteiger partial charge on any atom is -0.324 e. The molecular formula is C24H27F3N4O2S. The van der Waals surface area contributed by atoms with Gasteiger partial charge in [-0.05, 0) is 56.5 Å². The summed E-state index contributed by atoms with van der Waals surface area (Å²) in [4.78, 5) is 35.2. The lowest BCUT2D eigenvalue weighted by Gasteiger charge is -2.21. The van der Waals surface area contributed by atoms with Gasteiger partial charge in [0.2, 0.25) is 5.91 Å². The third kappa shape index (κ3) is 4.88. The predicted molar refractivity (Wildman–Crippen MR) is 127 cm³/mol. The second kappa shape index (κ2) is 9.87. The van der Waals surface area contributed by atoms with Gasteiger partial charge in [-0.1, -0.05) is 26.0 Å². The molecule has 0 fully saturated rings. The summed E-state index contributed by atoms with van der Waals surface area (Å²) in [6, 6.07) is 4.81. The average molecular weight is 493 g/mol. The van der Waals surface area contributed by atoms with Crippen LogP contribution in [-0.2, 0) is 36.9 Å². The molecule has 0 unspecified atom stereocenters. The van der Waals surface area contributed by atoms with E-state index < -0.39 is 24.2 Å². The summed E-state index contributed by atoms with van der Waals surface area (Å²) in [5.74, 6) is -0.260. The van der Waals surface area contributed by atoms with Gasteiger partial charge >= 0.3 is 6.18 Å². The van der Waals surface area contributed by atoms with Crippen LogP contribution in [0.3, 0.4) is 0 Å². The molecule has 34 heavy (non-hydrogen) atoms. The maximum atomic E-state index is 13.6. The van der Waals surface area contributed by atoms with Gasteiger partial charge in [0.15, 0.2) is 0 Å². The second-order valence-electron chi connectivity index (χ2n) is 8.36. The number of anilines is 1. The lowest BCUT2D eigenvalue weighted by molar-refractivity contribution is -0.137. The van der Waals surface area contributed by atoms with Crippen molar-refractivity contribution in [2.75, 3.05) is 18.4 Å². The molecule has 3 aromatic rings. The zero-order chi connectivity index (χ0) is 24.5. The van der Waals surface area contributed by atoms with Crippen LogP contribution in [0.2, 0.25) is 0 Å². The van der Waals surface area contributed by atoms with Gasteiger partial charge in [-0.2, -0.15) is 13.2 Å². The summed E-state index contributed by atoms with van der Waals surface area (Å²) < 4.78 is 41.4. The van der Waals surface area contributed by atoms with Crippen LogP contribution in [0.25, 0.3) is 10.2 Å². The molecule has 4 rings (SSSR count). The number of carbonyl (C=O) groups is 1. The van der Waals surface area contributed by atoms with Crippen LogP contribution in [0.4, 0.5) is 18.9 Å². The van der Waals surface area contributed by atoms with Gasteiger partial charge in [0, 0.05) is 4.88 Å². The molecule has 1 amide bonds. The van der Waals surface area contributed by atoms with Crippen LogP contribution in [0.1, 0.15) is 48.5 Å². The molecule has 0 saturated heterocycles. The topological polar surface area (TPSA) is 67.2 Å². The minimum atomic E-state index is -4.61. The number of aryl methyl sites for hydroxylation is 2. The number of halogens is 3. The first kappa shape index (κ1) is 24.4. The normalized spacial score (nSPS) is 13.9. The average Bonchev–Trinajstić information content (AvgIpc) is 3.17. The number of aromatic nitrogens is 2. The molecule has 0 aliphatic heterocycles. The van der Waals surface area contributed by atoms with E-state index in [1.54, 1.807) is 0 Å². The van der Waals surface area contributed by atoms with Crippen molar-refractivity contribution in [2.45, 2.75) is 58.8 Å². The molecule has 0 atom stereocenters. The molecule has 0 bridgehead atoms. The number of nitrogens with zero attached hydrogens (tertiary/aromatic N) is 3. The first-order valence-corrected chi connectivity index (χ1v) is 12.3. The molecule has 6 nitrogen and oxygen atoms in total. The number of fused-ring (bicyclic) bond motifs is 3. The largest absolute Gasteiger partial charge is 0.418 e. The van der Waals surface area contributed by atoms with E-state index in [9.17, 15) is 22.8 Å². The van der Waals surface area contributed by atoms with Gasteiger partial charge in [0.1, 0.15) is 17.2 Å². The van der Waals surface area contributed by atoms with E-state index in [-0.39, 0.29) is 11.2 Å². The van der Waals surface area contributed by atoms with E-state index in [1.807, 2.05) is 13.8 Å². The summed E-state index contributed by atoms with van der Waals surface area (Å²) in [7, 11) is 0. The Balaban J connectivity index is 1.74. The zero-order valence-electron chi connectivity index (χ0n) is 19.2. The Morgan fingerprint density at radius 3 is 2.59 bits per heavy atom. The number of thiophene rings is 1. The van der Waals surface area contributed by atoms with E-state index in [0.717, 1.165) is 50.4 Å². The SMILES string of the molecule is CCN(CC)Cc1nc2sc3c(c2c(=O)n1CC(=O)Nc1ccccc1C(F)(F)F)CCCC3. The van der Waals surface area contributed by atoms with Gasteiger partial charge < -0.3 is 5.32 Å². The molecule has 1 aromatic carbocycles. The van der Waals surface area contributed by atoms with Crippen LogP contribution in [-0.4, -0.2) is 33.4 Å². The van der Waals surface area contributed by atoms with Crippen molar-refractivity contribution in [2.24, 2.45) is 0 Å². The number of amides is 1. The van der Waals surface area contributed by atoms with E-state index in [4.69, 9.17) is 4.98 Å². The third-order valence-corrected chi connectivity index (χ3v) is 7.41. The van der Waals surface area contributed by atoms with Crippen molar-refractivity contribution >= 4 is 33.1 Å². The smallest absolute Gasteiger partial charge is 0.324 e. The van der Waals surface area contributed by atoms with E-state index >= 15 is 0 Å². The number of hydrogen-bond donors (Lipinski definition) is 1. The van der Waals surface area contributed by atoms with Crippen LogP contribution in [0, 0.1) is 0 Å². The van der Waals surface area contributed by atoms with Gasteiger partial charge in [-0.3, -0.25) is 19.1 Å². The molecule has 2 aromatic heterocycles. The molecule has 1 aliphatic carbocycles. The highest BCUT2D eigenvalue weighted by Crippen LogP contribution is 2.35. The molecular weight excluding hydrogens is 465 g/mol. The van der Waals surface area contributed by atoms with Crippen molar-refractivity contribution in [1.29, 1.82) is 0 Å². The Labute approximate surface area is 199 Å². The Bertz CT molecular complexity index is 1260. The Hall–Kier alpha value is -2.72. The molecule has 1 aliphatic rings. The highest BCUT2D eigenvalue weighted by molar-refractivity contribution is 7.18. The second-order valence-corrected chi connectivity index (χ2v) is 9.45. The summed E-state index contributed by atoms with van der Waals surface area (Å²) in [5, 5.41) is 2.90. The summed E-state index contributed by atoms with van der Waals surface area (Å²) in [6.07, 6.45) is -0.830. The zero-order valence-corrected chi connectivity index (χ0v) is 20.0. The maximum Gasteiger partial charge on any atom is 0.418 e. The summed E-state index contributed by atoms with van der Waals surface area (Å²) in [6.45, 7) is 5.42. The van der Waals surface area contributed by atoms with Crippen LogP contribution in [0.5, 0.6) is 0 Å². The fourth-order valence-electron chi connectivity index (χ4n) is 4.38. The van der Waals surface area contributed by atoms with Crippen molar-refractivity contribution in [3.8, 4) is 0 Å². The molecule has 0 saturated carbocycles. The van der Waals surface area contributed by atoms with Crippen LogP contribution >= 0.6 is 11.3 Å². The molecule has 1 N–H and O–H groups in total. The molecule has 0 spiro atoms. The van der Waals surface area contributed by atoms with Crippen molar-refractivity contribution < 1.29 is 18.0 Å². The number of alkyl halides is 3. The first-order valence-electron chi connectivity index (χ1n) is 11.4. The van der Waals surface area contributed by atoms with Gasteiger partial charge in [0.25, 0.3) is 5.56 Å². The molecule has 0 radical (unpaired) electrons. The molecule has 10 heteroatoms. The number of hydrogen-bond acceptors (Lipinski definition) is 5. The van der Waals surface area contributed by atoms with Crippen molar-refractivity contribution in [1.82, 2.24) is 14.5 Å². The van der Waals surface area contributed by atoms with E-state index in [1.165, 1.54) is 39.0 Å². The highest BCUT2D eigenvalue weighted by atomic mass is 32.1. The Morgan fingerprint density at radius 1 is 1.18 bits per heavy atom. The maximum absolute atomic E-state index is 13.6. The Kier molecular flexibility index (Phi) is 7.09. The number of para-hydroxylation sites is 1. The summed E-state index contributed by atoms with van der Waals surface area (Å²) in [5.41, 5.74) is -0.555. The quantitative estimate of drug-likeness (QED) is 0.513. The lowest BCUT2D eigenvalue weighted by atomic mass is 9.97. The highest BCUT2D eigenvalue weighted by Gasteiger charge is 2.33. The molecule has 182 valence electrons. The molecule has 2 heterocycles. The Morgan fingerprint density at radius 2 is 1.88 bits per heavy atom. The number of carbonyl (C=O) groups excluding carboxylic acids is 1. The minimum absolute atomic E-state index is 0.300. The van der Waals surface area contributed by atoms with Crippen LogP contribution < -0.4 is 10.9 Å². The van der Waals surface area contributed by atoms with E-state index in [0.29, 0.717) is 22.6 Å². The fraction of sp³-hybridized carbons (Fsp3) is 0.458. The van der Waals surface area contributed by atoms with Crippen molar-refractivity contribution in [3.63, 3.8) is 0 Å². The van der Waals surface area contributed by atoms with E-state index in [2.05, 4.69) is 10.2 Å².